The molecule has 0 aliphatic heterocycles. The summed E-state index contributed by atoms with van der Waals surface area (Å²) in [6.07, 6.45) is 9.84. The van der Waals surface area contributed by atoms with Gasteiger partial charge in [0.05, 0.1) is 18.8 Å². The molecule has 0 saturated carbocycles. The zero-order valence-electron chi connectivity index (χ0n) is 15.0. The minimum atomic E-state index is -0.475. The van der Waals surface area contributed by atoms with Crippen molar-refractivity contribution in [3.05, 3.63) is 23.8 Å². The topological polar surface area (TPSA) is 52.6 Å². The first-order valence-electron chi connectivity index (χ1n) is 8.74. The van der Waals surface area contributed by atoms with Gasteiger partial charge in [0.2, 0.25) is 0 Å². The SMILES string of the molecule is C=C(/C=C(\C)C(=O)OCCCCCC)C(=O)OCCCCCC. The van der Waals surface area contributed by atoms with Crippen LogP contribution in [0.25, 0.3) is 0 Å². The van der Waals surface area contributed by atoms with Crippen LogP contribution in [0.4, 0.5) is 0 Å². The molecule has 0 aromatic rings. The predicted molar refractivity (Wildman–Crippen MR) is 93.1 cm³/mol. The Labute approximate surface area is 140 Å². The summed E-state index contributed by atoms with van der Waals surface area (Å²) in [5.41, 5.74) is 0.550. The molecule has 0 aliphatic rings. The fourth-order valence-corrected chi connectivity index (χ4v) is 1.97. The molecule has 4 nitrogen and oxygen atoms in total. The first-order valence-corrected chi connectivity index (χ1v) is 8.74. The Morgan fingerprint density at radius 2 is 1.30 bits per heavy atom. The van der Waals surface area contributed by atoms with E-state index in [0.717, 1.165) is 51.4 Å². The highest BCUT2D eigenvalue weighted by molar-refractivity contribution is 5.95. The Bertz CT molecular complexity index is 396. The largest absolute Gasteiger partial charge is 0.462 e. The van der Waals surface area contributed by atoms with Gasteiger partial charge < -0.3 is 9.47 Å². The summed E-state index contributed by atoms with van der Waals surface area (Å²) in [6.45, 7) is 10.3. The van der Waals surface area contributed by atoms with Gasteiger partial charge in [-0.05, 0) is 25.8 Å². The summed E-state index contributed by atoms with van der Waals surface area (Å²) in [5, 5.41) is 0. The van der Waals surface area contributed by atoms with Crippen LogP contribution in [-0.2, 0) is 19.1 Å². The zero-order valence-corrected chi connectivity index (χ0v) is 15.0. The number of esters is 2. The molecule has 0 N–H and O–H groups in total. The van der Waals surface area contributed by atoms with Crippen LogP contribution in [0.3, 0.4) is 0 Å². The number of rotatable bonds is 13. The van der Waals surface area contributed by atoms with E-state index < -0.39 is 11.9 Å². The Morgan fingerprint density at radius 3 is 1.78 bits per heavy atom. The van der Waals surface area contributed by atoms with Crippen molar-refractivity contribution in [2.24, 2.45) is 0 Å². The summed E-state index contributed by atoms with van der Waals surface area (Å²) < 4.78 is 10.3. The van der Waals surface area contributed by atoms with Crippen LogP contribution in [0, 0.1) is 0 Å². The van der Waals surface area contributed by atoms with Crippen LogP contribution in [-0.4, -0.2) is 25.2 Å². The smallest absolute Gasteiger partial charge is 0.337 e. The molecule has 0 fully saturated rings. The summed E-state index contributed by atoms with van der Waals surface area (Å²) in [6, 6.07) is 0. The second-order valence-electron chi connectivity index (χ2n) is 5.75. The highest BCUT2D eigenvalue weighted by Gasteiger charge is 2.10. The molecule has 132 valence electrons. The Kier molecular flexibility index (Phi) is 13.1. The van der Waals surface area contributed by atoms with Gasteiger partial charge in [0.15, 0.2) is 0 Å². The first-order chi connectivity index (χ1) is 11.0. The van der Waals surface area contributed by atoms with Gasteiger partial charge >= 0.3 is 11.9 Å². The maximum absolute atomic E-state index is 11.8. The van der Waals surface area contributed by atoms with Gasteiger partial charge in [-0.2, -0.15) is 0 Å². The van der Waals surface area contributed by atoms with Crippen molar-refractivity contribution in [1.29, 1.82) is 0 Å². The lowest BCUT2D eigenvalue weighted by molar-refractivity contribution is -0.139. The number of hydrogen-bond acceptors (Lipinski definition) is 4. The molecule has 0 spiro atoms. The Balaban J connectivity index is 4.04. The maximum atomic E-state index is 11.8. The third-order valence-corrected chi connectivity index (χ3v) is 3.44. The third-order valence-electron chi connectivity index (χ3n) is 3.44. The molecule has 0 rings (SSSR count). The van der Waals surface area contributed by atoms with Crippen LogP contribution in [0.1, 0.15) is 72.1 Å². The van der Waals surface area contributed by atoms with Gasteiger partial charge in [0, 0.05) is 5.57 Å². The molecular formula is C19H32O4. The van der Waals surface area contributed by atoms with Crippen molar-refractivity contribution in [3.8, 4) is 0 Å². The lowest BCUT2D eigenvalue weighted by Crippen LogP contribution is -2.10. The van der Waals surface area contributed by atoms with Crippen LogP contribution in [0.15, 0.2) is 23.8 Å². The van der Waals surface area contributed by atoms with E-state index in [0.29, 0.717) is 18.8 Å². The fraction of sp³-hybridized carbons (Fsp3) is 0.684. The van der Waals surface area contributed by atoms with Gasteiger partial charge in [-0.1, -0.05) is 59.0 Å². The van der Waals surface area contributed by atoms with E-state index in [1.165, 1.54) is 6.08 Å². The van der Waals surface area contributed by atoms with Crippen LogP contribution >= 0.6 is 0 Å². The summed E-state index contributed by atoms with van der Waals surface area (Å²) in [4.78, 5) is 23.5. The summed E-state index contributed by atoms with van der Waals surface area (Å²) >= 11 is 0. The fourth-order valence-electron chi connectivity index (χ4n) is 1.97. The van der Waals surface area contributed by atoms with Crippen molar-refractivity contribution in [3.63, 3.8) is 0 Å². The van der Waals surface area contributed by atoms with Crippen LogP contribution in [0.5, 0.6) is 0 Å². The number of hydrogen-bond donors (Lipinski definition) is 0. The Hall–Kier alpha value is -1.58. The third kappa shape index (κ3) is 11.6. The van der Waals surface area contributed by atoms with Gasteiger partial charge in [0.1, 0.15) is 0 Å². The van der Waals surface area contributed by atoms with Crippen molar-refractivity contribution in [2.45, 2.75) is 72.1 Å². The number of unbranched alkanes of at least 4 members (excludes halogenated alkanes) is 6. The molecule has 0 radical (unpaired) electrons. The highest BCUT2D eigenvalue weighted by Crippen LogP contribution is 2.07. The van der Waals surface area contributed by atoms with Crippen molar-refractivity contribution in [2.75, 3.05) is 13.2 Å². The highest BCUT2D eigenvalue weighted by atomic mass is 16.5. The molecule has 23 heavy (non-hydrogen) atoms. The lowest BCUT2D eigenvalue weighted by atomic mass is 10.2. The van der Waals surface area contributed by atoms with Crippen molar-refractivity contribution >= 4 is 11.9 Å². The molecule has 0 aliphatic carbocycles. The van der Waals surface area contributed by atoms with E-state index in [1.807, 2.05) is 0 Å². The van der Waals surface area contributed by atoms with Gasteiger partial charge in [-0.25, -0.2) is 9.59 Å². The summed E-state index contributed by atoms with van der Waals surface area (Å²) in [5.74, 6) is -0.880. The van der Waals surface area contributed by atoms with E-state index in [-0.39, 0.29) is 5.57 Å². The minimum absolute atomic E-state index is 0.181. The lowest BCUT2D eigenvalue weighted by Gasteiger charge is -2.07. The molecule has 0 saturated heterocycles. The second kappa shape index (κ2) is 14.0. The number of carbonyl (C=O) groups is 2. The monoisotopic (exact) mass is 324 g/mol. The zero-order chi connectivity index (χ0) is 17.5. The minimum Gasteiger partial charge on any atom is -0.462 e. The molecule has 4 heteroatoms. The molecule has 0 amide bonds. The van der Waals surface area contributed by atoms with Gasteiger partial charge in [0.25, 0.3) is 0 Å². The van der Waals surface area contributed by atoms with E-state index in [4.69, 9.17) is 9.47 Å². The molecular weight excluding hydrogens is 292 g/mol. The van der Waals surface area contributed by atoms with Crippen molar-refractivity contribution in [1.82, 2.24) is 0 Å². The van der Waals surface area contributed by atoms with Crippen molar-refractivity contribution < 1.29 is 19.1 Å². The summed E-state index contributed by atoms with van der Waals surface area (Å²) in [7, 11) is 0. The molecule has 0 bridgehead atoms. The number of ether oxygens (including phenoxy) is 2. The molecule has 0 aromatic heterocycles. The predicted octanol–water partition coefficient (Wildman–Crippen LogP) is 4.74. The molecule has 0 heterocycles. The van der Waals surface area contributed by atoms with E-state index in [9.17, 15) is 9.59 Å². The van der Waals surface area contributed by atoms with Gasteiger partial charge in [-0.3, -0.25) is 0 Å². The molecule has 0 atom stereocenters. The van der Waals surface area contributed by atoms with Gasteiger partial charge in [-0.15, -0.1) is 0 Å². The average molecular weight is 324 g/mol. The average Bonchev–Trinajstić information content (AvgIpc) is 2.53. The maximum Gasteiger partial charge on any atom is 0.337 e. The standard InChI is InChI=1S/C19H32O4/c1-5-7-9-11-13-22-18(20)16(3)15-17(4)19(21)23-14-12-10-8-6-2/h15H,3,5-14H2,1-2,4H3/b17-15+. The molecule has 0 unspecified atom stereocenters. The first kappa shape index (κ1) is 21.4. The molecule has 0 aromatic carbocycles. The van der Waals surface area contributed by atoms with E-state index >= 15 is 0 Å². The Morgan fingerprint density at radius 1 is 0.826 bits per heavy atom. The quantitative estimate of drug-likeness (QED) is 0.213. The number of carbonyl (C=O) groups excluding carboxylic acids is 2. The van der Waals surface area contributed by atoms with E-state index in [1.54, 1.807) is 6.92 Å². The second-order valence-corrected chi connectivity index (χ2v) is 5.75. The van der Waals surface area contributed by atoms with Crippen LogP contribution in [0.2, 0.25) is 0 Å². The van der Waals surface area contributed by atoms with Crippen LogP contribution < -0.4 is 0 Å². The normalized spacial score (nSPS) is 11.2. The van der Waals surface area contributed by atoms with E-state index in [2.05, 4.69) is 20.4 Å².